The Morgan fingerprint density at radius 1 is 1.32 bits per heavy atom. The molecule has 0 atom stereocenters. The van der Waals surface area contributed by atoms with Crippen molar-refractivity contribution in [3.8, 4) is 5.75 Å². The van der Waals surface area contributed by atoms with Gasteiger partial charge in [0, 0.05) is 10.0 Å². The highest BCUT2D eigenvalue weighted by Gasteiger charge is 2.30. The molecule has 0 radical (unpaired) electrons. The third-order valence-corrected chi connectivity index (χ3v) is 4.35. The summed E-state index contributed by atoms with van der Waals surface area (Å²) in [5, 5.41) is 13.6. The Labute approximate surface area is 163 Å². The van der Waals surface area contributed by atoms with Crippen molar-refractivity contribution in [2.45, 2.75) is 12.6 Å². The molecule has 0 aliphatic heterocycles. The number of phenols is 1. The van der Waals surface area contributed by atoms with Crippen LogP contribution < -0.4 is 5.43 Å². The number of amides is 1. The molecule has 25 heavy (non-hydrogen) atoms. The largest absolute Gasteiger partial charge is 0.506 e. The van der Waals surface area contributed by atoms with Gasteiger partial charge in [-0.25, -0.2) is 5.43 Å². The monoisotopic (exact) mass is 526 g/mol. The number of phenolic OH excluding ortho intramolecular Hbond substituents is 1. The molecule has 132 valence electrons. The average Bonchev–Trinajstić information content (AvgIpc) is 2.51. The van der Waals surface area contributed by atoms with Crippen LogP contribution in [0.1, 0.15) is 16.7 Å². The summed E-state index contributed by atoms with van der Waals surface area (Å²) in [6.45, 7) is 0. The lowest BCUT2D eigenvalue weighted by Gasteiger charge is -2.08. The number of carbonyl (C=O) groups excluding carboxylic acids is 1. The predicted molar refractivity (Wildman–Crippen MR) is 99.4 cm³/mol. The maximum Gasteiger partial charge on any atom is 0.416 e. The van der Waals surface area contributed by atoms with E-state index < -0.39 is 17.6 Å². The number of rotatable bonds is 4. The summed E-state index contributed by atoms with van der Waals surface area (Å²) in [6.07, 6.45) is -3.45. The molecular formula is C16H11BrF3IN2O2. The lowest BCUT2D eigenvalue weighted by Crippen LogP contribution is -2.20. The molecule has 2 aromatic carbocycles. The van der Waals surface area contributed by atoms with Gasteiger partial charge in [-0.15, -0.1) is 0 Å². The highest BCUT2D eigenvalue weighted by molar-refractivity contribution is 14.1. The molecule has 0 aromatic heterocycles. The Morgan fingerprint density at radius 3 is 2.72 bits per heavy atom. The molecule has 2 N–H and O–H groups in total. The molecular weight excluding hydrogens is 516 g/mol. The number of halogens is 5. The van der Waals surface area contributed by atoms with Crippen LogP contribution in [0.3, 0.4) is 0 Å². The van der Waals surface area contributed by atoms with Crippen LogP contribution in [0.15, 0.2) is 46.0 Å². The Bertz CT molecular complexity index is 826. The molecule has 0 spiro atoms. The lowest BCUT2D eigenvalue weighted by atomic mass is 10.1. The smallest absolute Gasteiger partial charge is 0.416 e. The normalized spacial score (nSPS) is 11.7. The molecule has 0 aliphatic carbocycles. The number of benzene rings is 2. The Kier molecular flexibility index (Phi) is 6.44. The first-order chi connectivity index (χ1) is 11.7. The standard InChI is InChI=1S/C16H11BrF3IN2O2/c17-12-6-10(15(25)13(21)7-12)8-22-23-14(24)5-9-2-1-3-11(4-9)16(18,19)20/h1-4,6-8,25H,5H2,(H,23,24)/b22-8+. The molecule has 0 saturated carbocycles. The number of nitrogens with zero attached hydrogens (tertiary/aromatic N) is 1. The van der Waals surface area contributed by atoms with Crippen LogP contribution in [-0.4, -0.2) is 17.2 Å². The molecule has 0 unspecified atom stereocenters. The van der Waals surface area contributed by atoms with Crippen molar-refractivity contribution in [1.82, 2.24) is 5.43 Å². The van der Waals surface area contributed by atoms with Gasteiger partial charge in [0.25, 0.3) is 0 Å². The van der Waals surface area contributed by atoms with Gasteiger partial charge in [-0.3, -0.25) is 4.79 Å². The summed E-state index contributed by atoms with van der Waals surface area (Å²) in [5.74, 6) is -0.556. The van der Waals surface area contributed by atoms with Gasteiger partial charge in [0.1, 0.15) is 5.75 Å². The highest BCUT2D eigenvalue weighted by atomic mass is 127. The summed E-state index contributed by atoms with van der Waals surface area (Å²) in [7, 11) is 0. The zero-order valence-corrected chi connectivity index (χ0v) is 16.2. The van der Waals surface area contributed by atoms with Crippen LogP contribution in [0.4, 0.5) is 13.2 Å². The number of hydrogen-bond acceptors (Lipinski definition) is 3. The van der Waals surface area contributed by atoms with Crippen LogP contribution in [0.2, 0.25) is 0 Å². The van der Waals surface area contributed by atoms with Crippen LogP contribution in [0.25, 0.3) is 0 Å². The first kappa shape index (κ1) is 19.7. The van der Waals surface area contributed by atoms with Crippen molar-refractivity contribution < 1.29 is 23.1 Å². The van der Waals surface area contributed by atoms with E-state index in [1.807, 2.05) is 22.6 Å². The molecule has 2 rings (SSSR count). The maximum absolute atomic E-state index is 12.6. The van der Waals surface area contributed by atoms with E-state index in [0.29, 0.717) is 9.13 Å². The van der Waals surface area contributed by atoms with E-state index >= 15 is 0 Å². The molecule has 0 saturated heterocycles. The van der Waals surface area contributed by atoms with Crippen LogP contribution in [0, 0.1) is 3.57 Å². The molecule has 0 aliphatic rings. The van der Waals surface area contributed by atoms with Gasteiger partial charge >= 0.3 is 6.18 Å². The number of nitrogens with one attached hydrogen (secondary N) is 1. The second kappa shape index (κ2) is 8.17. The Balaban J connectivity index is 2.02. The van der Waals surface area contributed by atoms with Gasteiger partial charge in [-0.05, 0) is 46.4 Å². The van der Waals surface area contributed by atoms with Crippen LogP contribution in [0.5, 0.6) is 5.75 Å². The minimum Gasteiger partial charge on any atom is -0.506 e. The molecule has 0 bridgehead atoms. The molecule has 4 nitrogen and oxygen atoms in total. The number of carbonyl (C=O) groups is 1. The molecule has 0 fully saturated rings. The molecule has 2 aromatic rings. The summed E-state index contributed by atoms with van der Waals surface area (Å²) < 4.78 is 39.3. The topological polar surface area (TPSA) is 61.7 Å². The summed E-state index contributed by atoms with van der Waals surface area (Å²) in [5.41, 5.74) is 2.03. The third kappa shape index (κ3) is 5.70. The third-order valence-electron chi connectivity index (χ3n) is 3.07. The second-order valence-electron chi connectivity index (χ2n) is 4.99. The van der Waals surface area contributed by atoms with Crippen molar-refractivity contribution in [2.75, 3.05) is 0 Å². The molecule has 0 heterocycles. The first-order valence-corrected chi connectivity index (χ1v) is 8.70. The van der Waals surface area contributed by atoms with Crippen molar-refractivity contribution in [1.29, 1.82) is 0 Å². The van der Waals surface area contributed by atoms with Crippen LogP contribution >= 0.6 is 38.5 Å². The molecule has 9 heteroatoms. The first-order valence-electron chi connectivity index (χ1n) is 6.83. The molecule has 1 amide bonds. The van der Waals surface area contributed by atoms with E-state index in [1.54, 1.807) is 12.1 Å². The van der Waals surface area contributed by atoms with E-state index in [1.165, 1.54) is 18.3 Å². The number of aromatic hydroxyl groups is 1. The van der Waals surface area contributed by atoms with Crippen molar-refractivity contribution in [3.05, 3.63) is 61.1 Å². The van der Waals surface area contributed by atoms with E-state index in [9.17, 15) is 23.1 Å². The second-order valence-corrected chi connectivity index (χ2v) is 7.07. The van der Waals surface area contributed by atoms with E-state index in [0.717, 1.165) is 16.6 Å². The fourth-order valence-electron chi connectivity index (χ4n) is 1.94. The number of hydrazone groups is 1. The predicted octanol–water partition coefficient (Wildman–Crippen LogP) is 4.47. The Morgan fingerprint density at radius 2 is 2.04 bits per heavy atom. The van der Waals surface area contributed by atoms with Gasteiger partial charge in [0.05, 0.1) is 21.8 Å². The summed E-state index contributed by atoms with van der Waals surface area (Å²) in [4.78, 5) is 11.8. The van der Waals surface area contributed by atoms with Crippen LogP contribution in [-0.2, 0) is 17.4 Å². The van der Waals surface area contributed by atoms with Crippen molar-refractivity contribution in [3.63, 3.8) is 0 Å². The minimum atomic E-state index is -4.46. The van der Waals surface area contributed by atoms with Gasteiger partial charge in [-0.1, -0.05) is 34.1 Å². The minimum absolute atomic E-state index is 0.0136. The van der Waals surface area contributed by atoms with Gasteiger partial charge in [-0.2, -0.15) is 18.3 Å². The fourth-order valence-corrected chi connectivity index (χ4v) is 3.49. The SMILES string of the molecule is O=C(Cc1cccc(C(F)(F)F)c1)N/N=C/c1cc(Br)cc(I)c1O. The van der Waals surface area contributed by atoms with Gasteiger partial charge < -0.3 is 5.11 Å². The fraction of sp³-hybridized carbons (Fsp3) is 0.125. The zero-order chi connectivity index (χ0) is 18.6. The summed E-state index contributed by atoms with van der Waals surface area (Å²) >= 11 is 5.22. The summed E-state index contributed by atoms with van der Waals surface area (Å²) in [6, 6.07) is 7.86. The van der Waals surface area contributed by atoms with Crippen molar-refractivity contribution in [2.24, 2.45) is 5.10 Å². The lowest BCUT2D eigenvalue weighted by molar-refractivity contribution is -0.137. The average molecular weight is 527 g/mol. The van der Waals surface area contributed by atoms with E-state index in [-0.39, 0.29) is 17.7 Å². The number of hydrogen-bond donors (Lipinski definition) is 2. The quantitative estimate of drug-likeness (QED) is 0.351. The highest BCUT2D eigenvalue weighted by Crippen LogP contribution is 2.29. The van der Waals surface area contributed by atoms with Gasteiger partial charge in [0.2, 0.25) is 5.91 Å². The van der Waals surface area contributed by atoms with Gasteiger partial charge in [0.15, 0.2) is 0 Å². The maximum atomic E-state index is 12.6. The Hall–Kier alpha value is -1.62. The van der Waals surface area contributed by atoms with E-state index in [4.69, 9.17) is 0 Å². The van der Waals surface area contributed by atoms with E-state index in [2.05, 4.69) is 26.5 Å². The zero-order valence-electron chi connectivity index (χ0n) is 12.4. The number of alkyl halides is 3. The van der Waals surface area contributed by atoms with Crippen molar-refractivity contribution >= 4 is 50.6 Å².